The van der Waals surface area contributed by atoms with Gasteiger partial charge in [0, 0.05) is 38.4 Å². The molecule has 0 saturated carbocycles. The first-order chi connectivity index (χ1) is 14.9. The van der Waals surface area contributed by atoms with Crippen LogP contribution in [0.1, 0.15) is 30.0 Å². The van der Waals surface area contributed by atoms with Crippen LogP contribution in [0.2, 0.25) is 0 Å². The van der Waals surface area contributed by atoms with Crippen molar-refractivity contribution in [1.29, 1.82) is 0 Å². The Morgan fingerprint density at radius 3 is 2.42 bits per heavy atom. The molecular weight excluding hydrogens is 410 g/mol. The fraction of sp³-hybridized carbons (Fsp3) is 0.458. The molecule has 7 heteroatoms. The highest BCUT2D eigenvalue weighted by molar-refractivity contribution is 7.89. The van der Waals surface area contributed by atoms with E-state index >= 15 is 0 Å². The molecule has 6 nitrogen and oxygen atoms in total. The summed E-state index contributed by atoms with van der Waals surface area (Å²) in [6, 6.07) is 13.5. The van der Waals surface area contributed by atoms with Gasteiger partial charge in [0.25, 0.3) is 0 Å². The Morgan fingerprint density at radius 1 is 1.00 bits per heavy atom. The number of piperazine rings is 1. The Labute approximate surface area is 185 Å². The minimum Gasteiger partial charge on any atom is -0.311 e. The van der Waals surface area contributed by atoms with E-state index in [4.69, 9.17) is 0 Å². The normalized spacial score (nSPS) is 17.5. The quantitative estimate of drug-likeness (QED) is 0.692. The van der Waals surface area contributed by atoms with Crippen LogP contribution in [0.5, 0.6) is 0 Å². The van der Waals surface area contributed by atoms with Gasteiger partial charge in [-0.25, -0.2) is 8.42 Å². The summed E-state index contributed by atoms with van der Waals surface area (Å²) in [4.78, 5) is 17.2. The predicted molar refractivity (Wildman–Crippen MR) is 123 cm³/mol. The zero-order chi connectivity index (χ0) is 22.0. The zero-order valence-corrected chi connectivity index (χ0v) is 19.2. The molecule has 1 amide bonds. The zero-order valence-electron chi connectivity index (χ0n) is 18.4. The Hall–Kier alpha value is -2.22. The Morgan fingerprint density at radius 2 is 1.71 bits per heavy atom. The molecule has 0 aromatic heterocycles. The Balaban J connectivity index is 1.38. The van der Waals surface area contributed by atoms with Crippen LogP contribution < -0.4 is 4.90 Å². The number of sulfonamides is 1. The first kappa shape index (κ1) is 22.0. The van der Waals surface area contributed by atoms with Crippen LogP contribution in [0.4, 0.5) is 5.69 Å². The number of para-hydroxylation sites is 1. The van der Waals surface area contributed by atoms with Crippen LogP contribution in [0, 0.1) is 6.92 Å². The number of hydrogen-bond acceptors (Lipinski definition) is 4. The maximum atomic E-state index is 13.1. The van der Waals surface area contributed by atoms with Gasteiger partial charge in [-0.3, -0.25) is 9.69 Å². The van der Waals surface area contributed by atoms with Crippen molar-refractivity contribution < 1.29 is 13.2 Å². The molecular formula is C24H31N3O3S. The number of rotatable bonds is 6. The number of aryl methyl sites for hydroxylation is 3. The molecule has 2 aliphatic rings. The van der Waals surface area contributed by atoms with E-state index in [9.17, 15) is 13.2 Å². The first-order valence-electron chi connectivity index (χ1n) is 11.1. The van der Waals surface area contributed by atoms with Crippen LogP contribution in [0.3, 0.4) is 0 Å². The second-order valence-corrected chi connectivity index (χ2v) is 10.3. The van der Waals surface area contributed by atoms with Gasteiger partial charge >= 0.3 is 0 Å². The van der Waals surface area contributed by atoms with E-state index in [0.717, 1.165) is 30.5 Å². The standard InChI is InChI=1S/C24H31N3O3S/c1-3-27(23-10-5-4-7-19(23)2)24(28)18-25-13-15-26(16-14-25)31(29,30)22-12-11-20-8-6-9-21(20)17-22/h4-5,7,10-12,17H,3,6,8-9,13-16,18H2,1-2H3. The maximum absolute atomic E-state index is 13.1. The van der Waals surface area contributed by atoms with E-state index in [0.29, 0.717) is 44.2 Å². The number of amides is 1. The summed E-state index contributed by atoms with van der Waals surface area (Å²) >= 11 is 0. The maximum Gasteiger partial charge on any atom is 0.243 e. The molecule has 1 aliphatic carbocycles. The van der Waals surface area contributed by atoms with Gasteiger partial charge < -0.3 is 4.90 Å². The van der Waals surface area contributed by atoms with Gasteiger partial charge in [0.05, 0.1) is 11.4 Å². The summed E-state index contributed by atoms with van der Waals surface area (Å²) < 4.78 is 27.8. The highest BCUT2D eigenvalue weighted by atomic mass is 32.2. The van der Waals surface area contributed by atoms with Crippen molar-refractivity contribution in [2.24, 2.45) is 0 Å². The molecule has 31 heavy (non-hydrogen) atoms. The van der Waals surface area contributed by atoms with E-state index in [1.165, 1.54) is 11.1 Å². The number of nitrogens with zero attached hydrogens (tertiary/aromatic N) is 3. The number of carbonyl (C=O) groups excluding carboxylic acids is 1. The van der Waals surface area contributed by atoms with Crippen molar-refractivity contribution in [3.05, 3.63) is 59.2 Å². The van der Waals surface area contributed by atoms with Crippen molar-refractivity contribution in [3.8, 4) is 0 Å². The van der Waals surface area contributed by atoms with Gasteiger partial charge in [0.1, 0.15) is 0 Å². The lowest BCUT2D eigenvalue weighted by atomic mass is 10.1. The van der Waals surface area contributed by atoms with Crippen molar-refractivity contribution in [3.63, 3.8) is 0 Å². The lowest BCUT2D eigenvalue weighted by Crippen LogP contribution is -2.51. The third-order valence-electron chi connectivity index (χ3n) is 6.42. The second-order valence-electron chi connectivity index (χ2n) is 8.39. The second kappa shape index (κ2) is 9.10. The Bertz CT molecular complexity index is 1060. The van der Waals surface area contributed by atoms with Crippen LogP contribution in [0.25, 0.3) is 0 Å². The van der Waals surface area contributed by atoms with Gasteiger partial charge in [-0.1, -0.05) is 24.3 Å². The monoisotopic (exact) mass is 441 g/mol. The first-order valence-corrected chi connectivity index (χ1v) is 12.5. The summed E-state index contributed by atoms with van der Waals surface area (Å²) in [5.41, 5.74) is 4.45. The fourth-order valence-corrected chi connectivity index (χ4v) is 6.08. The van der Waals surface area contributed by atoms with Crippen LogP contribution in [-0.2, 0) is 27.7 Å². The minimum atomic E-state index is -3.49. The molecule has 0 unspecified atom stereocenters. The topological polar surface area (TPSA) is 60.9 Å². The van der Waals surface area contributed by atoms with Crippen molar-refractivity contribution in [2.75, 3.05) is 44.2 Å². The smallest absolute Gasteiger partial charge is 0.243 e. The predicted octanol–water partition coefficient (Wildman–Crippen LogP) is 2.84. The van der Waals surface area contributed by atoms with Crippen molar-refractivity contribution >= 4 is 21.6 Å². The minimum absolute atomic E-state index is 0.0479. The van der Waals surface area contributed by atoms with Gasteiger partial charge in [0.15, 0.2) is 0 Å². The number of fused-ring (bicyclic) bond motifs is 1. The molecule has 0 bridgehead atoms. The molecule has 1 fully saturated rings. The van der Waals surface area contributed by atoms with Crippen LogP contribution >= 0.6 is 0 Å². The van der Waals surface area contributed by atoms with E-state index in [1.807, 2.05) is 55.1 Å². The van der Waals surface area contributed by atoms with Crippen molar-refractivity contribution in [2.45, 2.75) is 38.0 Å². The van der Waals surface area contributed by atoms with E-state index < -0.39 is 10.0 Å². The fourth-order valence-electron chi connectivity index (χ4n) is 4.61. The molecule has 1 aliphatic heterocycles. The van der Waals surface area contributed by atoms with Gasteiger partial charge in [0.2, 0.25) is 15.9 Å². The number of anilines is 1. The largest absolute Gasteiger partial charge is 0.311 e. The molecule has 0 N–H and O–H groups in total. The van der Waals surface area contributed by atoms with E-state index in [1.54, 1.807) is 10.4 Å². The molecule has 2 aromatic rings. The average Bonchev–Trinajstić information content (AvgIpc) is 3.24. The molecule has 0 spiro atoms. The molecule has 166 valence electrons. The van der Waals surface area contributed by atoms with Crippen LogP contribution in [0.15, 0.2) is 47.4 Å². The summed E-state index contributed by atoms with van der Waals surface area (Å²) in [6.07, 6.45) is 3.10. The van der Waals surface area contributed by atoms with E-state index in [2.05, 4.69) is 4.90 Å². The molecule has 1 heterocycles. The molecule has 1 saturated heterocycles. The number of benzene rings is 2. The third-order valence-corrected chi connectivity index (χ3v) is 8.32. The highest BCUT2D eigenvalue weighted by Gasteiger charge is 2.30. The summed E-state index contributed by atoms with van der Waals surface area (Å²) in [7, 11) is -3.49. The van der Waals surface area contributed by atoms with E-state index in [-0.39, 0.29) is 5.91 Å². The van der Waals surface area contributed by atoms with Crippen molar-refractivity contribution in [1.82, 2.24) is 9.21 Å². The average molecular weight is 442 g/mol. The summed E-state index contributed by atoms with van der Waals surface area (Å²) in [6.45, 7) is 6.82. The van der Waals surface area contributed by atoms with Gasteiger partial charge in [-0.05, 0) is 68.0 Å². The highest BCUT2D eigenvalue weighted by Crippen LogP contribution is 2.27. The third kappa shape index (κ3) is 4.54. The Kier molecular flexibility index (Phi) is 6.46. The lowest BCUT2D eigenvalue weighted by Gasteiger charge is -2.35. The molecule has 4 rings (SSSR count). The van der Waals surface area contributed by atoms with Gasteiger partial charge in [-0.2, -0.15) is 4.31 Å². The van der Waals surface area contributed by atoms with Gasteiger partial charge in [-0.15, -0.1) is 0 Å². The molecule has 0 atom stereocenters. The summed E-state index contributed by atoms with van der Waals surface area (Å²) in [5.74, 6) is 0.0479. The number of hydrogen-bond donors (Lipinski definition) is 0. The molecule has 2 aromatic carbocycles. The molecule has 0 radical (unpaired) electrons. The van der Waals surface area contributed by atoms with Crippen LogP contribution in [-0.4, -0.2) is 62.8 Å². The number of carbonyl (C=O) groups is 1. The lowest BCUT2D eigenvalue weighted by molar-refractivity contribution is -0.120. The summed E-state index contributed by atoms with van der Waals surface area (Å²) in [5, 5.41) is 0. The number of likely N-dealkylation sites (N-methyl/N-ethyl adjacent to an activating group) is 1. The SMILES string of the molecule is CCN(C(=O)CN1CCN(S(=O)(=O)c2ccc3c(c2)CCC3)CC1)c1ccccc1C.